The molecular formula is C36H34N2O4S. The van der Waals surface area contributed by atoms with Gasteiger partial charge in [-0.1, -0.05) is 96.2 Å². The number of fused-ring (bicyclic) bond motifs is 2. The van der Waals surface area contributed by atoms with Gasteiger partial charge >= 0.3 is 0 Å². The Morgan fingerprint density at radius 2 is 1.67 bits per heavy atom. The highest BCUT2D eigenvalue weighted by Crippen LogP contribution is 2.39. The summed E-state index contributed by atoms with van der Waals surface area (Å²) in [6.45, 7) is 2.92. The third-order valence-electron chi connectivity index (χ3n) is 7.53. The Balaban J connectivity index is 1.14. The first-order chi connectivity index (χ1) is 21.2. The average molecular weight is 591 g/mol. The Kier molecular flexibility index (Phi) is 9.07. The molecule has 6 rings (SSSR count). The van der Waals surface area contributed by atoms with Crippen LogP contribution in [0.4, 0.5) is 0 Å². The molecule has 1 aliphatic rings. The van der Waals surface area contributed by atoms with Crippen LogP contribution in [0, 0.1) is 11.8 Å². The van der Waals surface area contributed by atoms with Gasteiger partial charge in [-0.2, -0.15) is 0 Å². The van der Waals surface area contributed by atoms with Crippen LogP contribution >= 0.6 is 11.5 Å². The summed E-state index contributed by atoms with van der Waals surface area (Å²) in [5.41, 5.74) is 3.47. The van der Waals surface area contributed by atoms with Gasteiger partial charge < -0.3 is 14.2 Å². The fourth-order valence-electron chi connectivity index (χ4n) is 5.31. The van der Waals surface area contributed by atoms with Crippen molar-refractivity contribution in [3.05, 3.63) is 124 Å². The van der Waals surface area contributed by atoms with E-state index < -0.39 is 0 Å². The summed E-state index contributed by atoms with van der Waals surface area (Å²) >= 11 is 1.46. The van der Waals surface area contributed by atoms with Gasteiger partial charge in [0, 0.05) is 19.2 Å². The lowest BCUT2D eigenvalue weighted by atomic mass is 10.0. The zero-order valence-corrected chi connectivity index (χ0v) is 25.0. The number of nitrogens with zero attached hydrogens (tertiary/aromatic N) is 2. The average Bonchev–Trinajstić information content (AvgIpc) is 3.37. The van der Waals surface area contributed by atoms with Gasteiger partial charge in [0.15, 0.2) is 11.5 Å². The molecule has 5 aromatic rings. The SMILES string of the molecule is COc1cc2c(cc1OCc1ccccc1)O[C@@H](CN(CC#CCn1sc3ccccc3c1=O)Cc1ccccc1)CC2. The number of aryl methyl sites for hydroxylation is 1. The molecule has 218 valence electrons. The first kappa shape index (κ1) is 28.6. The van der Waals surface area contributed by atoms with E-state index in [2.05, 4.69) is 41.0 Å². The molecule has 0 radical (unpaired) electrons. The molecule has 1 aliphatic heterocycles. The molecule has 7 heteroatoms. The van der Waals surface area contributed by atoms with Crippen molar-refractivity contribution in [3.8, 4) is 29.1 Å². The lowest BCUT2D eigenvalue weighted by molar-refractivity contribution is 0.117. The number of benzene rings is 4. The maximum atomic E-state index is 12.7. The van der Waals surface area contributed by atoms with Crippen molar-refractivity contribution in [2.45, 2.75) is 38.6 Å². The minimum absolute atomic E-state index is 0.0126. The molecule has 0 unspecified atom stereocenters. The lowest BCUT2D eigenvalue weighted by Gasteiger charge is -2.31. The molecule has 0 spiro atoms. The van der Waals surface area contributed by atoms with Crippen LogP contribution in [0.1, 0.15) is 23.1 Å². The summed E-state index contributed by atoms with van der Waals surface area (Å²) in [7, 11) is 1.67. The van der Waals surface area contributed by atoms with Crippen molar-refractivity contribution in [3.63, 3.8) is 0 Å². The first-order valence-corrected chi connectivity index (χ1v) is 15.3. The number of hydrogen-bond donors (Lipinski definition) is 0. The van der Waals surface area contributed by atoms with Crippen molar-refractivity contribution < 1.29 is 14.2 Å². The van der Waals surface area contributed by atoms with Crippen molar-refractivity contribution >= 4 is 21.6 Å². The predicted octanol–water partition coefficient (Wildman–Crippen LogP) is 6.55. The number of aromatic nitrogens is 1. The predicted molar refractivity (Wildman–Crippen MR) is 172 cm³/mol. The maximum absolute atomic E-state index is 12.7. The van der Waals surface area contributed by atoms with E-state index in [9.17, 15) is 4.79 Å². The number of rotatable bonds is 10. The third-order valence-corrected chi connectivity index (χ3v) is 8.59. The highest BCUT2D eigenvalue weighted by atomic mass is 32.1. The molecule has 1 aromatic heterocycles. The molecule has 0 N–H and O–H groups in total. The molecule has 0 saturated heterocycles. The van der Waals surface area contributed by atoms with E-state index in [0.29, 0.717) is 25.4 Å². The van der Waals surface area contributed by atoms with Gasteiger partial charge in [-0.25, -0.2) is 0 Å². The van der Waals surface area contributed by atoms with Crippen molar-refractivity contribution in [1.29, 1.82) is 0 Å². The maximum Gasteiger partial charge on any atom is 0.269 e. The molecule has 0 saturated carbocycles. The molecule has 6 nitrogen and oxygen atoms in total. The molecule has 0 bridgehead atoms. The summed E-state index contributed by atoms with van der Waals surface area (Å²) in [6, 6.07) is 32.2. The molecule has 2 heterocycles. The lowest BCUT2D eigenvalue weighted by Crippen LogP contribution is -2.37. The standard InChI is InChI=1S/C36H34N2O4S/c1-40-33-22-29-18-19-30(42-32(29)23-34(33)41-26-28-14-6-3-7-15-28)25-37(24-27-12-4-2-5-13-27)20-10-11-21-38-36(39)31-16-8-9-17-35(31)43-38/h2-9,12-17,22-23,30H,18-21,24-26H2,1H3/t30-/m1/s1. The minimum atomic E-state index is 0.0126. The van der Waals surface area contributed by atoms with Gasteiger partial charge in [0.05, 0.1) is 30.3 Å². The third kappa shape index (κ3) is 7.11. The largest absolute Gasteiger partial charge is 0.493 e. The second-order valence-electron chi connectivity index (χ2n) is 10.6. The monoisotopic (exact) mass is 590 g/mol. The van der Waals surface area contributed by atoms with E-state index >= 15 is 0 Å². The van der Waals surface area contributed by atoms with E-state index in [1.165, 1.54) is 17.1 Å². The van der Waals surface area contributed by atoms with Crippen molar-refractivity contribution in [1.82, 2.24) is 8.86 Å². The Hall–Kier alpha value is -4.51. The molecule has 0 aliphatic carbocycles. The van der Waals surface area contributed by atoms with Crippen LogP contribution in [0.5, 0.6) is 17.2 Å². The van der Waals surface area contributed by atoms with Crippen LogP contribution in [-0.2, 0) is 26.1 Å². The van der Waals surface area contributed by atoms with E-state index in [4.69, 9.17) is 14.2 Å². The molecular weight excluding hydrogens is 556 g/mol. The Bertz CT molecular complexity index is 1790. The summed E-state index contributed by atoms with van der Waals surface area (Å²) in [5, 5.41) is 0.751. The molecule has 1 atom stereocenters. The van der Waals surface area contributed by atoms with E-state index in [1.807, 2.05) is 72.8 Å². The normalized spacial score (nSPS) is 14.0. The Labute approximate surface area is 256 Å². The summed E-state index contributed by atoms with van der Waals surface area (Å²) in [6.07, 6.45) is 1.81. The Morgan fingerprint density at radius 3 is 2.44 bits per heavy atom. The second kappa shape index (κ2) is 13.6. The van der Waals surface area contributed by atoms with Gasteiger partial charge in [0.1, 0.15) is 18.5 Å². The Morgan fingerprint density at radius 1 is 0.930 bits per heavy atom. The van der Waals surface area contributed by atoms with Crippen LogP contribution in [0.3, 0.4) is 0 Å². The second-order valence-corrected chi connectivity index (χ2v) is 11.7. The van der Waals surface area contributed by atoms with Crippen LogP contribution in [-0.4, -0.2) is 35.2 Å². The van der Waals surface area contributed by atoms with Crippen LogP contribution < -0.4 is 19.8 Å². The van der Waals surface area contributed by atoms with Crippen molar-refractivity contribution in [2.75, 3.05) is 20.2 Å². The fourth-order valence-corrected chi connectivity index (χ4v) is 6.25. The van der Waals surface area contributed by atoms with Gasteiger partial charge in [0.25, 0.3) is 5.56 Å². The molecule has 0 amide bonds. The minimum Gasteiger partial charge on any atom is -0.493 e. The molecule has 0 fully saturated rings. The number of hydrogen-bond acceptors (Lipinski definition) is 6. The van der Waals surface area contributed by atoms with Crippen LogP contribution in [0.15, 0.2) is 102 Å². The highest BCUT2D eigenvalue weighted by molar-refractivity contribution is 7.13. The number of methoxy groups -OCH3 is 1. The van der Waals surface area contributed by atoms with Crippen LogP contribution in [0.25, 0.3) is 10.1 Å². The summed E-state index contributed by atoms with van der Waals surface area (Å²) < 4.78 is 21.1. The molecule has 43 heavy (non-hydrogen) atoms. The van der Waals surface area contributed by atoms with Gasteiger partial charge in [-0.05, 0) is 47.7 Å². The van der Waals surface area contributed by atoms with E-state index in [0.717, 1.165) is 58.6 Å². The van der Waals surface area contributed by atoms with E-state index in [1.54, 1.807) is 11.1 Å². The van der Waals surface area contributed by atoms with Gasteiger partial charge in [-0.15, -0.1) is 0 Å². The summed E-state index contributed by atoms with van der Waals surface area (Å²) in [4.78, 5) is 15.0. The number of ether oxygens (including phenoxy) is 3. The first-order valence-electron chi connectivity index (χ1n) is 14.5. The quantitative estimate of drug-likeness (QED) is 0.173. The zero-order chi connectivity index (χ0) is 29.4. The van der Waals surface area contributed by atoms with Crippen LogP contribution in [0.2, 0.25) is 0 Å². The smallest absolute Gasteiger partial charge is 0.269 e. The van der Waals surface area contributed by atoms with E-state index in [-0.39, 0.29) is 11.7 Å². The summed E-state index contributed by atoms with van der Waals surface area (Å²) in [5.74, 6) is 8.79. The topological polar surface area (TPSA) is 52.9 Å². The van der Waals surface area contributed by atoms with Crippen molar-refractivity contribution in [2.24, 2.45) is 0 Å². The van der Waals surface area contributed by atoms with Gasteiger partial charge in [0.2, 0.25) is 0 Å². The highest BCUT2D eigenvalue weighted by Gasteiger charge is 2.24. The van der Waals surface area contributed by atoms with Gasteiger partial charge in [-0.3, -0.25) is 13.7 Å². The zero-order valence-electron chi connectivity index (χ0n) is 24.2. The molecule has 4 aromatic carbocycles. The fraction of sp³-hybridized carbons (Fsp3) is 0.250.